The summed E-state index contributed by atoms with van der Waals surface area (Å²) in [6.45, 7) is 5.71. The Balaban J connectivity index is 2.85. The molecule has 0 N–H and O–H groups in total. The molecule has 0 amide bonds. The van der Waals surface area contributed by atoms with Crippen LogP contribution in [0.4, 0.5) is 22.0 Å². The van der Waals surface area contributed by atoms with Gasteiger partial charge in [-0.15, -0.1) is 0 Å². The van der Waals surface area contributed by atoms with Crippen LogP contribution in [0.3, 0.4) is 0 Å². The van der Waals surface area contributed by atoms with E-state index in [0.717, 1.165) is 0 Å². The third-order valence-corrected chi connectivity index (χ3v) is 4.30. The van der Waals surface area contributed by atoms with Gasteiger partial charge in [0.15, 0.2) is 23.3 Å². The van der Waals surface area contributed by atoms with Crippen molar-refractivity contribution in [2.75, 3.05) is 0 Å². The summed E-state index contributed by atoms with van der Waals surface area (Å²) in [5.41, 5.74) is 1.17. The van der Waals surface area contributed by atoms with Crippen LogP contribution < -0.4 is 0 Å². The quantitative estimate of drug-likeness (QED) is 0.291. The summed E-state index contributed by atoms with van der Waals surface area (Å²) in [7, 11) is -2.01. The average Bonchev–Trinajstić information content (AvgIpc) is 2.50. The molecule has 0 nitrogen and oxygen atoms in total. The molecule has 0 radical (unpaired) electrons. The van der Waals surface area contributed by atoms with Crippen molar-refractivity contribution in [3.8, 4) is 0 Å². The van der Waals surface area contributed by atoms with Gasteiger partial charge < -0.3 is 0 Å². The van der Waals surface area contributed by atoms with Crippen LogP contribution in [0, 0.1) is 29.1 Å². The minimum Gasteiger partial charge on any atom is -0.203 e. The second kappa shape index (κ2) is 6.27. The van der Waals surface area contributed by atoms with Crippen molar-refractivity contribution in [3.05, 3.63) is 76.2 Å². The molecule has 0 aliphatic heterocycles. The molecule has 0 heterocycles. The van der Waals surface area contributed by atoms with Gasteiger partial charge in [0.25, 0.3) is 0 Å². The Hall–Kier alpha value is -1.95. The predicted molar refractivity (Wildman–Crippen MR) is 83.1 cm³/mol. The number of hydrogen-bond acceptors (Lipinski definition) is 0. The molecule has 2 aromatic rings. The zero-order valence-corrected chi connectivity index (χ0v) is 13.9. The van der Waals surface area contributed by atoms with E-state index in [-0.39, 0.29) is 5.57 Å². The van der Waals surface area contributed by atoms with E-state index in [1.165, 1.54) is 0 Å². The van der Waals surface area contributed by atoms with Gasteiger partial charge in [-0.2, -0.15) is 0 Å². The Morgan fingerprint density at radius 1 is 0.739 bits per heavy atom. The minimum absolute atomic E-state index is 0.0255. The zero-order chi connectivity index (χ0) is 17.4. The van der Waals surface area contributed by atoms with E-state index in [4.69, 9.17) is 0 Å². The largest absolute Gasteiger partial charge is 0.203 e. The molecule has 0 unspecified atom stereocenters. The van der Waals surface area contributed by atoms with Gasteiger partial charge in [-0.05, 0) is 11.1 Å². The van der Waals surface area contributed by atoms with E-state index >= 15 is 0 Å². The fraction of sp³-hybridized carbons (Fsp3) is 0.176. The highest BCUT2D eigenvalue weighted by molar-refractivity contribution is 6.81. The Morgan fingerprint density at radius 3 is 1.61 bits per heavy atom. The number of halogens is 5. The Labute approximate surface area is 132 Å². The second-order valence-electron chi connectivity index (χ2n) is 6.23. The molecule has 0 saturated heterocycles. The van der Waals surface area contributed by atoms with E-state index in [0.29, 0.717) is 5.56 Å². The van der Waals surface area contributed by atoms with E-state index in [9.17, 15) is 22.0 Å². The molecule has 0 aliphatic rings. The van der Waals surface area contributed by atoms with Crippen molar-refractivity contribution in [2.45, 2.75) is 19.6 Å². The maximum Gasteiger partial charge on any atom is 0.200 e. The van der Waals surface area contributed by atoms with Crippen LogP contribution in [0.25, 0.3) is 5.57 Å². The van der Waals surface area contributed by atoms with Crippen LogP contribution in [0.15, 0.2) is 36.0 Å². The molecule has 0 bridgehead atoms. The second-order valence-corrected chi connectivity index (χ2v) is 11.3. The fourth-order valence-electron chi connectivity index (χ4n) is 2.19. The van der Waals surface area contributed by atoms with Crippen LogP contribution in [0.1, 0.15) is 11.1 Å². The lowest BCUT2D eigenvalue weighted by atomic mass is 9.98. The van der Waals surface area contributed by atoms with Gasteiger partial charge in [-0.3, -0.25) is 0 Å². The molecule has 2 aromatic carbocycles. The number of hydrogen-bond donors (Lipinski definition) is 0. The Kier molecular flexibility index (Phi) is 4.75. The molecule has 0 atom stereocenters. The van der Waals surface area contributed by atoms with Gasteiger partial charge in [-0.25, -0.2) is 22.0 Å². The molecular weight excluding hydrogens is 327 g/mol. The first-order valence-electron chi connectivity index (χ1n) is 6.93. The summed E-state index contributed by atoms with van der Waals surface area (Å²) in [4.78, 5) is 0. The molecule has 0 spiro atoms. The van der Waals surface area contributed by atoms with E-state index in [1.807, 2.05) is 19.6 Å². The lowest BCUT2D eigenvalue weighted by molar-refractivity contribution is 0.376. The lowest BCUT2D eigenvalue weighted by Gasteiger charge is -2.17. The first-order valence-corrected chi connectivity index (χ1v) is 10.5. The zero-order valence-electron chi connectivity index (χ0n) is 12.9. The number of rotatable bonds is 3. The highest BCUT2D eigenvalue weighted by Crippen LogP contribution is 2.33. The Bertz CT molecular complexity index is 732. The first kappa shape index (κ1) is 17.4. The van der Waals surface area contributed by atoms with Crippen LogP contribution in [-0.2, 0) is 0 Å². The molecule has 0 aromatic heterocycles. The standard InChI is InChI=1S/C17H15F5Si/c1-23(2,3)9-11(10-7-5-4-6-8-10)12-13(18)15(20)17(22)16(21)14(12)19/h4-9H,1-3H3/b11-9+. The lowest BCUT2D eigenvalue weighted by Crippen LogP contribution is -2.18. The van der Waals surface area contributed by atoms with Crippen molar-refractivity contribution < 1.29 is 22.0 Å². The smallest absolute Gasteiger partial charge is 0.200 e. The van der Waals surface area contributed by atoms with Gasteiger partial charge >= 0.3 is 0 Å². The third-order valence-electron chi connectivity index (χ3n) is 3.14. The van der Waals surface area contributed by atoms with E-state index in [2.05, 4.69) is 0 Å². The Morgan fingerprint density at radius 2 is 1.17 bits per heavy atom. The number of benzene rings is 2. The fourth-order valence-corrected chi connectivity index (χ4v) is 3.37. The van der Waals surface area contributed by atoms with Gasteiger partial charge in [-0.1, -0.05) is 55.7 Å². The SMILES string of the molecule is C[Si](C)(C)/C=C(\c1ccccc1)c1c(F)c(F)c(F)c(F)c1F. The van der Waals surface area contributed by atoms with Crippen LogP contribution in [0.5, 0.6) is 0 Å². The van der Waals surface area contributed by atoms with Gasteiger partial charge in [0.2, 0.25) is 5.82 Å². The highest BCUT2D eigenvalue weighted by atomic mass is 28.3. The topological polar surface area (TPSA) is 0 Å². The molecular formula is C17H15F5Si. The van der Waals surface area contributed by atoms with Gasteiger partial charge in [0.05, 0.1) is 13.6 Å². The van der Waals surface area contributed by atoms with Gasteiger partial charge in [0, 0.05) is 0 Å². The maximum absolute atomic E-state index is 14.2. The van der Waals surface area contributed by atoms with Gasteiger partial charge in [0.1, 0.15) is 0 Å². The van der Waals surface area contributed by atoms with Crippen LogP contribution in [0.2, 0.25) is 19.6 Å². The first-order chi connectivity index (χ1) is 10.6. The normalized spacial score (nSPS) is 12.6. The predicted octanol–water partition coefficient (Wildman–Crippen LogP) is 5.69. The average molecular weight is 342 g/mol. The summed E-state index contributed by atoms with van der Waals surface area (Å²) in [5, 5.41) is 0. The molecule has 0 fully saturated rings. The maximum atomic E-state index is 14.2. The molecule has 122 valence electrons. The van der Waals surface area contributed by atoms with E-state index in [1.54, 1.807) is 36.0 Å². The molecule has 23 heavy (non-hydrogen) atoms. The van der Waals surface area contributed by atoms with Crippen molar-refractivity contribution in [2.24, 2.45) is 0 Å². The van der Waals surface area contributed by atoms with Crippen LogP contribution in [-0.4, -0.2) is 8.07 Å². The molecule has 2 rings (SSSR count). The third kappa shape index (κ3) is 3.52. The van der Waals surface area contributed by atoms with Crippen molar-refractivity contribution in [1.82, 2.24) is 0 Å². The van der Waals surface area contributed by atoms with Crippen molar-refractivity contribution >= 4 is 13.6 Å². The summed E-state index contributed by atoms with van der Waals surface area (Å²) in [6.07, 6.45) is 0. The summed E-state index contributed by atoms with van der Waals surface area (Å²) in [6, 6.07) is 8.13. The molecule has 0 saturated carbocycles. The molecule has 6 heteroatoms. The monoisotopic (exact) mass is 342 g/mol. The summed E-state index contributed by atoms with van der Waals surface area (Å²) < 4.78 is 68.7. The summed E-state index contributed by atoms with van der Waals surface area (Å²) >= 11 is 0. The highest BCUT2D eigenvalue weighted by Gasteiger charge is 2.29. The van der Waals surface area contributed by atoms with Crippen molar-refractivity contribution in [3.63, 3.8) is 0 Å². The minimum atomic E-state index is -2.15. The van der Waals surface area contributed by atoms with E-state index < -0.39 is 42.7 Å². The molecule has 0 aliphatic carbocycles. The summed E-state index contributed by atoms with van der Waals surface area (Å²) in [5.74, 6) is -9.64. The van der Waals surface area contributed by atoms with Crippen molar-refractivity contribution in [1.29, 1.82) is 0 Å². The van der Waals surface area contributed by atoms with Crippen LogP contribution >= 0.6 is 0 Å².